The topological polar surface area (TPSA) is 127 Å². The first-order valence-electron chi connectivity index (χ1n) is 8.59. The van der Waals surface area contributed by atoms with Crippen molar-refractivity contribution in [2.45, 2.75) is 26.1 Å². The molecule has 0 amide bonds. The van der Waals surface area contributed by atoms with Crippen LogP contribution in [0, 0.1) is 13.8 Å². The van der Waals surface area contributed by atoms with Gasteiger partial charge in [-0.2, -0.15) is 0 Å². The Morgan fingerprint density at radius 2 is 1.11 bits per heavy atom. The van der Waals surface area contributed by atoms with Gasteiger partial charge in [-0.15, -0.1) is 0 Å². The second-order valence-corrected chi connectivity index (χ2v) is 6.04. The predicted molar refractivity (Wildman–Crippen MR) is 96.0 cm³/mol. The molecule has 8 heteroatoms. The van der Waals surface area contributed by atoms with Crippen LogP contribution in [0.3, 0.4) is 0 Å². The number of esters is 2. The maximum atomic E-state index is 12.3. The maximum Gasteiger partial charge on any atom is 0.349 e. The smallest absolute Gasteiger partial charge is 0.349 e. The van der Waals surface area contributed by atoms with Crippen LogP contribution in [0.5, 0.6) is 0 Å². The highest BCUT2D eigenvalue weighted by molar-refractivity contribution is 5.95. The van der Waals surface area contributed by atoms with Gasteiger partial charge in [0.2, 0.25) is 12.2 Å². The van der Waals surface area contributed by atoms with Crippen LogP contribution in [0.1, 0.15) is 31.8 Å². The van der Waals surface area contributed by atoms with Gasteiger partial charge in [-0.25, -0.2) is 19.2 Å². The molecule has 0 aliphatic heterocycles. The van der Waals surface area contributed by atoms with Crippen molar-refractivity contribution < 1.29 is 38.9 Å². The zero-order valence-electron chi connectivity index (χ0n) is 16.1. The molecule has 2 aromatic carbocycles. The Balaban J connectivity index is 2.25. The highest BCUT2D eigenvalue weighted by atomic mass is 16.6. The largest absolute Gasteiger partial charge is 0.478 e. The lowest BCUT2D eigenvalue weighted by molar-refractivity contribution is -0.166. The minimum atomic E-state index is -2.21. The molecule has 0 fully saturated rings. The fourth-order valence-corrected chi connectivity index (χ4v) is 2.22. The van der Waals surface area contributed by atoms with Crippen molar-refractivity contribution in [3.8, 4) is 0 Å². The number of carboxylic acids is 2. The summed E-state index contributed by atoms with van der Waals surface area (Å²) in [7, 11) is 0. The third kappa shape index (κ3) is 5.16. The summed E-state index contributed by atoms with van der Waals surface area (Å²) in [6.07, 6.45) is -4.38. The predicted octanol–water partition coefficient (Wildman–Crippen LogP) is 2.22. The monoisotopic (exact) mass is 387 g/mol. The van der Waals surface area contributed by atoms with Gasteiger partial charge in [-0.1, -0.05) is 35.4 Å². The van der Waals surface area contributed by atoms with E-state index >= 15 is 0 Å². The minimum Gasteiger partial charge on any atom is -0.478 e. The van der Waals surface area contributed by atoms with Gasteiger partial charge in [-0.05, 0) is 38.1 Å². The summed E-state index contributed by atoms with van der Waals surface area (Å²) in [5.74, 6) is -5.35. The number of rotatable bonds is 7. The van der Waals surface area contributed by atoms with Crippen molar-refractivity contribution >= 4 is 23.9 Å². The van der Waals surface area contributed by atoms with Gasteiger partial charge in [-0.3, -0.25) is 0 Å². The Morgan fingerprint density at radius 3 is 1.43 bits per heavy atom. The van der Waals surface area contributed by atoms with Gasteiger partial charge in [0, 0.05) is 0 Å². The molecule has 146 valence electrons. The normalized spacial score (nSPS) is 12.9. The molecule has 0 aliphatic rings. The Morgan fingerprint density at radius 1 is 0.750 bits per heavy atom. The molecule has 0 saturated carbocycles. The fourth-order valence-electron chi connectivity index (χ4n) is 2.22. The summed E-state index contributed by atoms with van der Waals surface area (Å²) in [6, 6.07) is 12.1. The van der Waals surface area contributed by atoms with E-state index in [0.717, 1.165) is 11.1 Å². The van der Waals surface area contributed by atoms with Gasteiger partial charge >= 0.3 is 23.9 Å². The quantitative estimate of drug-likeness (QED) is 0.693. The lowest BCUT2D eigenvalue weighted by Crippen LogP contribution is -2.45. The van der Waals surface area contributed by atoms with E-state index in [9.17, 15) is 24.3 Å². The Bertz CT molecular complexity index is 905. The van der Waals surface area contributed by atoms with E-state index in [-0.39, 0.29) is 11.1 Å². The second-order valence-electron chi connectivity index (χ2n) is 6.04. The highest BCUT2D eigenvalue weighted by Gasteiger charge is 2.41. The van der Waals surface area contributed by atoms with E-state index < -0.39 is 36.1 Å². The number of hydrogen-bond donors (Lipinski definition) is 2. The van der Waals surface area contributed by atoms with Gasteiger partial charge in [0.15, 0.2) is 0 Å². The molecular weight excluding hydrogens is 368 g/mol. The standard InChI is InChI=1S/C20H18O8/c1-11-3-7-13(8-4-11)19(25)27-15(17(21)22)16(18(23)24)28-20(26)14-9-5-12(2)6-10-14/h3-10,15-16H,1-2H3,(H,21,22)(H,23,24)/t15-,16-/m0/s1/i/hD. The van der Waals surface area contributed by atoms with E-state index in [1.807, 2.05) is 0 Å². The van der Waals surface area contributed by atoms with Crippen LogP contribution in [0.2, 0.25) is 0 Å². The number of aryl methyl sites for hydroxylation is 2. The number of carboxylic acid groups (broad SMARTS) is 2. The second kappa shape index (κ2) is 8.81. The molecule has 0 aliphatic carbocycles. The zero-order chi connectivity index (χ0) is 21.6. The Labute approximate surface area is 161 Å². The molecule has 0 unspecified atom stereocenters. The number of hydrogen-bond acceptors (Lipinski definition) is 7. The molecule has 2 N–H and O–H groups in total. The van der Waals surface area contributed by atoms with Crippen LogP contribution in [0.25, 0.3) is 1.43 Å². The average Bonchev–Trinajstić information content (AvgIpc) is 2.70. The van der Waals surface area contributed by atoms with E-state index in [1.165, 1.54) is 24.3 Å². The van der Waals surface area contributed by atoms with Crippen molar-refractivity contribution in [2.24, 2.45) is 0 Å². The zero-order valence-corrected chi connectivity index (χ0v) is 15.1. The number of aliphatic carboxylic acids is 2. The first-order chi connectivity index (χ1) is 13.7. The molecule has 0 spiro atoms. The Hall–Kier alpha value is -3.68. The molecule has 0 bridgehead atoms. The fraction of sp³-hybridized carbons (Fsp3) is 0.200. The summed E-state index contributed by atoms with van der Waals surface area (Å²) in [4.78, 5) is 48.0. The molecular formula is C20H18O8. The number of benzene rings is 2. The maximum absolute atomic E-state index is 12.3. The van der Waals surface area contributed by atoms with E-state index in [2.05, 4.69) is 5.11 Å². The SMILES string of the molecule is [2H]OC(=O)[C@@H](OC(=O)c1ccc(C)cc1)[C@H](OC(=O)c1ccc(C)cc1)C(=O)O. The lowest BCUT2D eigenvalue weighted by atomic mass is 10.1. The van der Waals surface area contributed by atoms with Crippen molar-refractivity contribution in [3.63, 3.8) is 0 Å². The number of carbonyl (C=O) groups is 4. The molecule has 28 heavy (non-hydrogen) atoms. The number of ether oxygens (including phenoxy) is 2. The average molecular weight is 387 g/mol. The molecule has 2 rings (SSSR count). The van der Waals surface area contributed by atoms with Crippen LogP contribution in [-0.4, -0.2) is 46.3 Å². The number of carbonyl (C=O) groups excluding carboxylic acids is 2. The lowest BCUT2D eigenvalue weighted by Gasteiger charge is -2.21. The van der Waals surface area contributed by atoms with Gasteiger partial charge in [0.25, 0.3) is 1.43 Å². The molecule has 0 radical (unpaired) electrons. The van der Waals surface area contributed by atoms with Crippen molar-refractivity contribution in [3.05, 3.63) is 70.8 Å². The third-order valence-corrected chi connectivity index (χ3v) is 3.79. The van der Waals surface area contributed by atoms with Gasteiger partial charge in [0.1, 0.15) is 0 Å². The van der Waals surface area contributed by atoms with Crippen molar-refractivity contribution in [1.82, 2.24) is 0 Å². The molecule has 2 atom stereocenters. The Kier molecular flexibility index (Phi) is 6.01. The summed E-state index contributed by atoms with van der Waals surface area (Å²) in [5.41, 5.74) is 1.79. The summed E-state index contributed by atoms with van der Waals surface area (Å²) < 4.78 is 16.5. The highest BCUT2D eigenvalue weighted by Crippen LogP contribution is 2.14. The van der Waals surface area contributed by atoms with Crippen LogP contribution >= 0.6 is 0 Å². The minimum absolute atomic E-state index is 0.0321. The van der Waals surface area contributed by atoms with Gasteiger partial charge < -0.3 is 19.7 Å². The summed E-state index contributed by atoms with van der Waals surface area (Å²) in [6.45, 7) is 3.58. The van der Waals surface area contributed by atoms with E-state index in [4.69, 9.17) is 10.9 Å². The molecule has 0 saturated heterocycles. The molecule has 2 aromatic rings. The van der Waals surface area contributed by atoms with Crippen LogP contribution < -0.4 is 0 Å². The van der Waals surface area contributed by atoms with Crippen LogP contribution in [-0.2, 0) is 19.1 Å². The van der Waals surface area contributed by atoms with E-state index in [0.29, 0.717) is 0 Å². The van der Waals surface area contributed by atoms with E-state index in [1.54, 1.807) is 38.1 Å². The molecule has 0 aromatic heterocycles. The molecule has 8 nitrogen and oxygen atoms in total. The van der Waals surface area contributed by atoms with Crippen LogP contribution in [0.4, 0.5) is 0 Å². The van der Waals surface area contributed by atoms with Crippen molar-refractivity contribution in [1.29, 1.82) is 1.43 Å². The van der Waals surface area contributed by atoms with Gasteiger partial charge in [0.05, 0.1) is 11.1 Å². The van der Waals surface area contributed by atoms with Crippen molar-refractivity contribution in [2.75, 3.05) is 0 Å². The first kappa shape index (κ1) is 19.1. The third-order valence-electron chi connectivity index (χ3n) is 3.79. The first-order valence-corrected chi connectivity index (χ1v) is 8.18. The van der Waals surface area contributed by atoms with Crippen LogP contribution in [0.15, 0.2) is 48.5 Å². The summed E-state index contributed by atoms with van der Waals surface area (Å²) >= 11 is 0. The summed E-state index contributed by atoms with van der Waals surface area (Å²) in [5, 5.41) is 13.2. The molecule has 0 heterocycles.